The van der Waals surface area contributed by atoms with Gasteiger partial charge in [-0.15, -0.1) is 0 Å². The molecule has 3 nitrogen and oxygen atoms in total. The van der Waals surface area contributed by atoms with Crippen molar-refractivity contribution in [3.05, 3.63) is 53.7 Å². The number of nitrogens with two attached hydrogens (primary N) is 1. The van der Waals surface area contributed by atoms with Gasteiger partial charge >= 0.3 is 0 Å². The first-order valence-electron chi connectivity index (χ1n) is 6.39. The Morgan fingerprint density at radius 3 is 2.94 bits per heavy atom. The lowest BCUT2D eigenvalue weighted by Crippen LogP contribution is -2.18. The van der Waals surface area contributed by atoms with E-state index in [1.54, 1.807) is 6.20 Å². The highest BCUT2D eigenvalue weighted by Crippen LogP contribution is 2.33. The van der Waals surface area contributed by atoms with Crippen molar-refractivity contribution in [2.45, 2.75) is 25.3 Å². The highest BCUT2D eigenvalue weighted by atomic mass is 15.0. The summed E-state index contributed by atoms with van der Waals surface area (Å²) >= 11 is 0. The number of rotatable bonds is 2. The fourth-order valence-electron chi connectivity index (χ4n) is 2.63. The van der Waals surface area contributed by atoms with Crippen LogP contribution < -0.4 is 11.1 Å². The summed E-state index contributed by atoms with van der Waals surface area (Å²) in [4.78, 5) is 4.12. The summed E-state index contributed by atoms with van der Waals surface area (Å²) in [7, 11) is 0. The molecule has 1 aromatic heterocycles. The molecule has 3 N–H and O–H groups in total. The molecule has 1 heterocycles. The number of pyridine rings is 1. The van der Waals surface area contributed by atoms with Crippen LogP contribution in [0.15, 0.2) is 42.6 Å². The van der Waals surface area contributed by atoms with E-state index in [0.717, 1.165) is 12.1 Å². The van der Waals surface area contributed by atoms with Crippen molar-refractivity contribution in [2.75, 3.05) is 11.1 Å². The van der Waals surface area contributed by atoms with Crippen molar-refractivity contribution in [2.24, 2.45) is 0 Å². The van der Waals surface area contributed by atoms with Crippen LogP contribution in [0.25, 0.3) is 0 Å². The highest BCUT2D eigenvalue weighted by molar-refractivity contribution is 5.62. The molecule has 0 aliphatic heterocycles. The number of nitrogens with zero attached hydrogens (tertiary/aromatic N) is 1. The molecule has 1 aliphatic rings. The van der Waals surface area contributed by atoms with Crippen LogP contribution in [0.4, 0.5) is 11.5 Å². The number of hydrogen-bond donors (Lipinski definition) is 2. The Morgan fingerprint density at radius 2 is 2.06 bits per heavy atom. The average molecular weight is 239 g/mol. The average Bonchev–Trinajstić information content (AvgIpc) is 2.42. The minimum atomic E-state index is 0.349. The van der Waals surface area contributed by atoms with Crippen LogP contribution in [0.1, 0.15) is 30.0 Å². The number of aromatic nitrogens is 1. The van der Waals surface area contributed by atoms with Crippen LogP contribution in [0.3, 0.4) is 0 Å². The van der Waals surface area contributed by atoms with E-state index in [-0.39, 0.29) is 0 Å². The van der Waals surface area contributed by atoms with Crippen molar-refractivity contribution >= 4 is 11.5 Å². The first kappa shape index (κ1) is 11.1. The largest absolute Gasteiger partial charge is 0.382 e. The van der Waals surface area contributed by atoms with Crippen LogP contribution in [0.2, 0.25) is 0 Å². The molecular formula is C15H17N3. The van der Waals surface area contributed by atoms with Crippen molar-refractivity contribution < 1.29 is 0 Å². The van der Waals surface area contributed by atoms with E-state index in [4.69, 9.17) is 5.73 Å². The molecule has 18 heavy (non-hydrogen) atoms. The first-order valence-corrected chi connectivity index (χ1v) is 6.39. The lowest BCUT2D eigenvalue weighted by atomic mass is 9.87. The fraction of sp³-hybridized carbons (Fsp3) is 0.267. The van der Waals surface area contributed by atoms with Crippen molar-refractivity contribution in [3.8, 4) is 0 Å². The zero-order chi connectivity index (χ0) is 12.4. The molecule has 1 aromatic carbocycles. The number of hydrogen-bond acceptors (Lipinski definition) is 3. The van der Waals surface area contributed by atoms with E-state index in [1.165, 1.54) is 24.0 Å². The topological polar surface area (TPSA) is 50.9 Å². The summed E-state index contributed by atoms with van der Waals surface area (Å²) in [5.41, 5.74) is 9.66. The Balaban J connectivity index is 1.89. The maximum absolute atomic E-state index is 5.88. The summed E-state index contributed by atoms with van der Waals surface area (Å²) in [5.74, 6) is 0.570. The van der Waals surface area contributed by atoms with Gasteiger partial charge in [0.25, 0.3) is 0 Å². The summed E-state index contributed by atoms with van der Waals surface area (Å²) in [6.07, 6.45) is 5.26. The Bertz CT molecular complexity index is 551. The zero-order valence-corrected chi connectivity index (χ0v) is 10.3. The van der Waals surface area contributed by atoms with Crippen LogP contribution in [-0.4, -0.2) is 4.98 Å². The summed E-state index contributed by atoms with van der Waals surface area (Å²) in [6.45, 7) is 0. The molecule has 0 amide bonds. The third-order valence-corrected chi connectivity index (χ3v) is 3.54. The Kier molecular flexibility index (Phi) is 2.89. The van der Waals surface area contributed by atoms with Crippen molar-refractivity contribution in [1.29, 1.82) is 0 Å². The van der Waals surface area contributed by atoms with Crippen LogP contribution in [-0.2, 0) is 6.42 Å². The predicted octanol–water partition coefficient (Wildman–Crippen LogP) is 3.15. The minimum absolute atomic E-state index is 0.349. The highest BCUT2D eigenvalue weighted by Gasteiger charge is 2.19. The third-order valence-electron chi connectivity index (χ3n) is 3.54. The van der Waals surface area contributed by atoms with Gasteiger partial charge in [-0.3, -0.25) is 0 Å². The van der Waals surface area contributed by atoms with Crippen molar-refractivity contribution in [3.63, 3.8) is 0 Å². The van der Waals surface area contributed by atoms with E-state index < -0.39 is 0 Å². The molecule has 0 spiro atoms. The standard InChI is InChI=1S/C15H17N3/c16-15-14(9-4-10-17-15)18-13-8-3-6-11-5-1-2-7-12(11)13/h1-2,4-5,7,9-10,13,18H,3,6,8H2,(H2,16,17). The maximum atomic E-state index is 5.88. The Hall–Kier alpha value is -2.03. The van der Waals surface area contributed by atoms with E-state index in [2.05, 4.69) is 34.6 Å². The lowest BCUT2D eigenvalue weighted by molar-refractivity contribution is 0.600. The fourth-order valence-corrected chi connectivity index (χ4v) is 2.63. The lowest BCUT2D eigenvalue weighted by Gasteiger charge is -2.27. The van der Waals surface area contributed by atoms with Crippen LogP contribution in [0, 0.1) is 0 Å². The molecule has 3 heteroatoms. The van der Waals surface area contributed by atoms with Gasteiger partial charge in [0.15, 0.2) is 0 Å². The molecule has 1 aliphatic carbocycles. The van der Waals surface area contributed by atoms with Gasteiger partial charge < -0.3 is 11.1 Å². The second-order valence-electron chi connectivity index (χ2n) is 4.72. The molecule has 3 rings (SSSR count). The number of benzene rings is 1. The number of aryl methyl sites for hydroxylation is 1. The van der Waals surface area contributed by atoms with E-state index in [0.29, 0.717) is 11.9 Å². The van der Waals surface area contributed by atoms with Gasteiger partial charge in [0.05, 0.1) is 11.7 Å². The molecule has 0 radical (unpaired) electrons. The normalized spacial score (nSPS) is 18.1. The van der Waals surface area contributed by atoms with Crippen LogP contribution in [0.5, 0.6) is 0 Å². The molecule has 92 valence electrons. The predicted molar refractivity (Wildman–Crippen MR) is 74.4 cm³/mol. The monoisotopic (exact) mass is 239 g/mol. The van der Waals surface area contributed by atoms with Gasteiger partial charge in [-0.25, -0.2) is 4.98 Å². The third kappa shape index (κ3) is 2.04. The molecule has 0 saturated heterocycles. The van der Waals surface area contributed by atoms with Crippen LogP contribution >= 0.6 is 0 Å². The van der Waals surface area contributed by atoms with Gasteiger partial charge in [-0.05, 0) is 42.5 Å². The second kappa shape index (κ2) is 4.69. The second-order valence-corrected chi connectivity index (χ2v) is 4.72. The summed E-state index contributed by atoms with van der Waals surface area (Å²) < 4.78 is 0. The number of nitrogens with one attached hydrogen (secondary N) is 1. The first-order chi connectivity index (χ1) is 8.84. The number of nitrogen functional groups attached to an aromatic ring is 1. The van der Waals surface area contributed by atoms with Gasteiger partial charge in [0.2, 0.25) is 0 Å². The summed E-state index contributed by atoms with van der Waals surface area (Å²) in [5, 5.41) is 3.52. The molecule has 1 atom stereocenters. The zero-order valence-electron chi connectivity index (χ0n) is 10.3. The molecule has 0 fully saturated rings. The number of fused-ring (bicyclic) bond motifs is 1. The van der Waals surface area contributed by atoms with Gasteiger partial charge in [-0.1, -0.05) is 24.3 Å². The number of anilines is 2. The molecule has 0 bridgehead atoms. The van der Waals surface area contributed by atoms with Gasteiger partial charge in [0, 0.05) is 6.20 Å². The van der Waals surface area contributed by atoms with E-state index >= 15 is 0 Å². The van der Waals surface area contributed by atoms with E-state index in [1.807, 2.05) is 12.1 Å². The van der Waals surface area contributed by atoms with Crippen molar-refractivity contribution in [1.82, 2.24) is 4.98 Å². The van der Waals surface area contributed by atoms with E-state index in [9.17, 15) is 0 Å². The minimum Gasteiger partial charge on any atom is -0.382 e. The maximum Gasteiger partial charge on any atom is 0.146 e. The van der Waals surface area contributed by atoms with Gasteiger partial charge in [-0.2, -0.15) is 0 Å². The molecular weight excluding hydrogens is 222 g/mol. The quantitative estimate of drug-likeness (QED) is 0.846. The van der Waals surface area contributed by atoms with Gasteiger partial charge in [0.1, 0.15) is 5.82 Å². The SMILES string of the molecule is Nc1ncccc1NC1CCCc2ccccc21. The Morgan fingerprint density at radius 1 is 1.17 bits per heavy atom. The molecule has 2 aromatic rings. The smallest absolute Gasteiger partial charge is 0.146 e. The summed E-state index contributed by atoms with van der Waals surface area (Å²) in [6, 6.07) is 12.9. The molecule has 1 unspecified atom stereocenters. The molecule has 0 saturated carbocycles. The Labute approximate surface area is 107 Å².